The average molecular weight is 564 g/mol. The standard InChI is InChI=1S/C30H35F2N7O2/c1-16-10-18(11-24(33)28(16)38(5)17(2)40)21-8-9-34-15-26(21)36-29-35-14-20-6-7-25(37-39(20)29)27-22(31)12-19(13-23(27)32)30(3,4)41/h6-9,12-16,18,24,28,41H,10-11,33H2,1-5H3,(H,35,36)/t16-,18+,24+,28-/m0/s1. The minimum atomic E-state index is -1.40. The summed E-state index contributed by atoms with van der Waals surface area (Å²) in [5, 5.41) is 18.0. The number of carbonyl (C=O) groups excluding carboxylic acids is 1. The van der Waals surface area contributed by atoms with Crippen LogP contribution in [0.4, 0.5) is 20.4 Å². The van der Waals surface area contributed by atoms with Crippen molar-refractivity contribution in [3.05, 3.63) is 71.7 Å². The molecule has 9 nitrogen and oxygen atoms in total. The van der Waals surface area contributed by atoms with Crippen LogP contribution in [0.15, 0.2) is 48.9 Å². The van der Waals surface area contributed by atoms with E-state index in [9.17, 15) is 9.90 Å². The molecule has 11 heteroatoms. The predicted molar refractivity (Wildman–Crippen MR) is 152 cm³/mol. The van der Waals surface area contributed by atoms with Crippen LogP contribution in [0.2, 0.25) is 0 Å². The number of rotatable bonds is 6. The van der Waals surface area contributed by atoms with Gasteiger partial charge in [0.1, 0.15) is 11.6 Å². The van der Waals surface area contributed by atoms with Crippen LogP contribution in [0.5, 0.6) is 0 Å². The summed E-state index contributed by atoms with van der Waals surface area (Å²) in [6, 6.07) is 7.16. The molecule has 4 aromatic rings. The van der Waals surface area contributed by atoms with Gasteiger partial charge in [0, 0.05) is 32.3 Å². The number of nitrogens with two attached hydrogens (primary N) is 1. The smallest absolute Gasteiger partial charge is 0.229 e. The molecule has 216 valence electrons. The minimum absolute atomic E-state index is 0.00647. The first-order valence-electron chi connectivity index (χ1n) is 13.6. The second-order valence-corrected chi connectivity index (χ2v) is 11.5. The molecule has 0 bridgehead atoms. The molecular weight excluding hydrogens is 528 g/mol. The largest absolute Gasteiger partial charge is 0.386 e. The van der Waals surface area contributed by atoms with Gasteiger partial charge in [-0.05, 0) is 80.0 Å². The Morgan fingerprint density at radius 2 is 1.88 bits per heavy atom. The number of pyridine rings is 1. The zero-order valence-electron chi connectivity index (χ0n) is 23.8. The van der Waals surface area contributed by atoms with Crippen LogP contribution >= 0.6 is 0 Å². The molecule has 3 aromatic heterocycles. The van der Waals surface area contributed by atoms with Crippen LogP contribution in [-0.4, -0.2) is 54.6 Å². The lowest BCUT2D eigenvalue weighted by Crippen LogP contribution is -2.54. The number of hydrogen-bond acceptors (Lipinski definition) is 7. The van der Waals surface area contributed by atoms with Gasteiger partial charge in [-0.2, -0.15) is 9.61 Å². The molecule has 1 fully saturated rings. The summed E-state index contributed by atoms with van der Waals surface area (Å²) in [6.07, 6.45) is 6.57. The number of amides is 1. The second-order valence-electron chi connectivity index (χ2n) is 11.5. The van der Waals surface area contributed by atoms with Gasteiger partial charge in [-0.3, -0.25) is 9.78 Å². The zero-order chi connectivity index (χ0) is 29.6. The number of aromatic nitrogens is 4. The highest BCUT2D eigenvalue weighted by atomic mass is 19.1. The van der Waals surface area contributed by atoms with Crippen molar-refractivity contribution >= 4 is 23.1 Å². The van der Waals surface area contributed by atoms with Gasteiger partial charge in [-0.25, -0.2) is 13.8 Å². The first-order chi connectivity index (χ1) is 19.3. The Kier molecular flexibility index (Phi) is 7.52. The van der Waals surface area contributed by atoms with Crippen molar-refractivity contribution in [3.63, 3.8) is 0 Å². The number of fused-ring (bicyclic) bond motifs is 1. The summed E-state index contributed by atoms with van der Waals surface area (Å²) < 4.78 is 31.6. The molecule has 0 saturated heterocycles. The first-order valence-corrected chi connectivity index (χ1v) is 13.6. The van der Waals surface area contributed by atoms with Crippen molar-refractivity contribution in [2.45, 2.75) is 64.1 Å². The number of likely N-dealkylation sites (N-methyl/N-ethyl adjacent to an activating group) is 1. The van der Waals surface area contributed by atoms with Gasteiger partial charge in [-0.15, -0.1) is 0 Å². The summed E-state index contributed by atoms with van der Waals surface area (Å²) >= 11 is 0. The fourth-order valence-corrected chi connectivity index (χ4v) is 5.97. The average Bonchev–Trinajstić information content (AvgIpc) is 3.29. The quantitative estimate of drug-likeness (QED) is 0.310. The Morgan fingerprint density at radius 1 is 1.17 bits per heavy atom. The fourth-order valence-electron chi connectivity index (χ4n) is 5.97. The van der Waals surface area contributed by atoms with Crippen LogP contribution in [0.1, 0.15) is 57.6 Å². The van der Waals surface area contributed by atoms with E-state index in [1.807, 2.05) is 6.07 Å². The number of hydrogen-bond donors (Lipinski definition) is 3. The van der Waals surface area contributed by atoms with Crippen molar-refractivity contribution in [1.82, 2.24) is 24.5 Å². The molecule has 0 radical (unpaired) electrons. The molecule has 0 aliphatic heterocycles. The lowest BCUT2D eigenvalue weighted by atomic mass is 9.73. The SMILES string of the molecule is CC(=O)N(C)[C@@H]1[C@H](N)C[C@H](c2ccncc2Nc2ncc3ccc(-c4c(F)cc(C(C)(C)O)cc4F)nn23)C[C@@H]1C. The molecule has 1 saturated carbocycles. The number of halogens is 2. The third-order valence-electron chi connectivity index (χ3n) is 8.11. The Hall–Kier alpha value is -3.96. The summed E-state index contributed by atoms with van der Waals surface area (Å²) in [5.41, 5.74) is 7.47. The highest BCUT2D eigenvalue weighted by molar-refractivity contribution is 5.73. The van der Waals surface area contributed by atoms with E-state index in [0.717, 1.165) is 29.8 Å². The molecule has 4 atom stereocenters. The molecule has 4 N–H and O–H groups in total. The van der Waals surface area contributed by atoms with Crippen molar-refractivity contribution in [2.75, 3.05) is 12.4 Å². The summed E-state index contributed by atoms with van der Waals surface area (Å²) in [4.78, 5) is 22.5. The normalized spacial score (nSPS) is 21.2. The molecule has 0 unspecified atom stereocenters. The van der Waals surface area contributed by atoms with Gasteiger partial charge in [0.25, 0.3) is 0 Å². The number of imidazole rings is 1. The highest BCUT2D eigenvalue weighted by Crippen LogP contribution is 2.40. The lowest BCUT2D eigenvalue weighted by molar-refractivity contribution is -0.131. The monoisotopic (exact) mass is 563 g/mol. The Morgan fingerprint density at radius 3 is 2.51 bits per heavy atom. The van der Waals surface area contributed by atoms with Crippen molar-refractivity contribution < 1.29 is 18.7 Å². The Labute approximate surface area is 237 Å². The number of aliphatic hydroxyl groups is 1. The van der Waals surface area contributed by atoms with Crippen molar-refractivity contribution in [2.24, 2.45) is 11.7 Å². The molecular formula is C30H35F2N7O2. The Balaban J connectivity index is 1.46. The molecule has 5 rings (SSSR count). The molecule has 1 amide bonds. The van der Waals surface area contributed by atoms with Gasteiger partial charge in [0.15, 0.2) is 0 Å². The van der Waals surface area contributed by atoms with E-state index < -0.39 is 17.2 Å². The number of anilines is 2. The van der Waals surface area contributed by atoms with E-state index in [1.54, 1.807) is 43.5 Å². The van der Waals surface area contributed by atoms with E-state index in [0.29, 0.717) is 17.9 Å². The van der Waals surface area contributed by atoms with Crippen molar-refractivity contribution in [3.8, 4) is 11.3 Å². The van der Waals surface area contributed by atoms with Crippen LogP contribution in [0, 0.1) is 17.6 Å². The molecule has 3 heterocycles. The predicted octanol–water partition coefficient (Wildman–Crippen LogP) is 4.73. The van der Waals surface area contributed by atoms with Crippen LogP contribution in [-0.2, 0) is 10.4 Å². The maximum atomic E-state index is 15.1. The second kappa shape index (κ2) is 10.8. The van der Waals surface area contributed by atoms with Gasteiger partial charge in [0.05, 0.1) is 40.5 Å². The summed E-state index contributed by atoms with van der Waals surface area (Å²) in [7, 11) is 1.80. The Bertz CT molecular complexity index is 1560. The topological polar surface area (TPSA) is 122 Å². The van der Waals surface area contributed by atoms with Crippen LogP contribution in [0.25, 0.3) is 16.8 Å². The number of nitrogens with zero attached hydrogens (tertiary/aromatic N) is 5. The van der Waals surface area contributed by atoms with Crippen LogP contribution in [0.3, 0.4) is 0 Å². The molecule has 1 aromatic carbocycles. The van der Waals surface area contributed by atoms with E-state index in [4.69, 9.17) is 5.73 Å². The van der Waals surface area contributed by atoms with Gasteiger partial charge in [0.2, 0.25) is 11.9 Å². The van der Waals surface area contributed by atoms with Gasteiger partial charge < -0.3 is 21.1 Å². The zero-order valence-corrected chi connectivity index (χ0v) is 23.8. The molecule has 0 spiro atoms. The van der Waals surface area contributed by atoms with Crippen LogP contribution < -0.4 is 11.1 Å². The van der Waals surface area contributed by atoms with E-state index in [2.05, 4.69) is 27.3 Å². The summed E-state index contributed by atoms with van der Waals surface area (Å²) in [6.45, 7) is 6.60. The van der Waals surface area contributed by atoms with E-state index in [-0.39, 0.29) is 46.6 Å². The number of benzene rings is 1. The van der Waals surface area contributed by atoms with Gasteiger partial charge in [-0.1, -0.05) is 6.92 Å². The number of nitrogens with one attached hydrogen (secondary N) is 1. The third kappa shape index (κ3) is 5.51. The first kappa shape index (κ1) is 28.6. The lowest BCUT2D eigenvalue weighted by Gasteiger charge is -2.43. The van der Waals surface area contributed by atoms with E-state index >= 15 is 8.78 Å². The minimum Gasteiger partial charge on any atom is -0.386 e. The maximum absolute atomic E-state index is 15.1. The fraction of sp³-hybridized carbons (Fsp3) is 0.400. The summed E-state index contributed by atoms with van der Waals surface area (Å²) in [5.74, 6) is -0.998. The van der Waals surface area contributed by atoms with Gasteiger partial charge >= 0.3 is 0 Å². The van der Waals surface area contributed by atoms with Crippen molar-refractivity contribution in [1.29, 1.82) is 0 Å². The van der Waals surface area contributed by atoms with E-state index in [1.165, 1.54) is 24.4 Å². The maximum Gasteiger partial charge on any atom is 0.229 e. The highest BCUT2D eigenvalue weighted by Gasteiger charge is 2.38. The molecule has 1 aliphatic carbocycles. The molecule has 1 aliphatic rings. The third-order valence-corrected chi connectivity index (χ3v) is 8.11. The molecule has 41 heavy (non-hydrogen) atoms. The number of carbonyl (C=O) groups is 1.